The van der Waals surface area contributed by atoms with Crippen molar-refractivity contribution >= 4 is 39.5 Å². The number of fused-ring (bicyclic) bond motifs is 1. The first kappa shape index (κ1) is 24.4. The molecule has 33 heavy (non-hydrogen) atoms. The average Bonchev–Trinajstić information content (AvgIpc) is 3.37. The highest BCUT2D eigenvalue weighted by Crippen LogP contribution is 2.28. The van der Waals surface area contributed by atoms with E-state index in [-0.39, 0.29) is 30.2 Å². The molecule has 178 valence electrons. The van der Waals surface area contributed by atoms with Gasteiger partial charge in [0.05, 0.1) is 18.6 Å². The number of ether oxygens (including phenoxy) is 1. The molecule has 0 radical (unpaired) electrons. The van der Waals surface area contributed by atoms with Crippen LogP contribution in [0.2, 0.25) is 0 Å². The molecule has 0 aromatic carbocycles. The second-order valence-corrected chi connectivity index (χ2v) is 8.61. The average molecular weight is 477 g/mol. The number of imidazole rings is 1. The summed E-state index contributed by atoms with van der Waals surface area (Å²) in [7, 11) is 2.91. The van der Waals surface area contributed by atoms with Crippen LogP contribution in [0.1, 0.15) is 48.5 Å². The molecule has 0 saturated carbocycles. The van der Waals surface area contributed by atoms with Gasteiger partial charge in [-0.3, -0.25) is 23.6 Å². The first-order chi connectivity index (χ1) is 15.7. The first-order valence-electron chi connectivity index (χ1n) is 10.8. The lowest BCUT2D eigenvalue weighted by molar-refractivity contribution is -0.119. The maximum absolute atomic E-state index is 13.4. The van der Waals surface area contributed by atoms with E-state index in [9.17, 15) is 19.2 Å². The number of anilines is 1. The third-order valence-electron chi connectivity index (χ3n) is 5.29. The van der Waals surface area contributed by atoms with Crippen molar-refractivity contribution in [1.82, 2.24) is 23.7 Å². The zero-order valence-electron chi connectivity index (χ0n) is 19.5. The molecule has 11 nitrogen and oxygen atoms in total. The number of aryl methyl sites for hydroxylation is 2. The first-order valence-corrected chi connectivity index (χ1v) is 11.6. The summed E-state index contributed by atoms with van der Waals surface area (Å²) in [5.74, 6) is -0.768. The van der Waals surface area contributed by atoms with Crippen molar-refractivity contribution in [1.29, 1.82) is 0 Å². The normalized spacial score (nSPS) is 11.2. The molecule has 3 rings (SSSR count). The van der Waals surface area contributed by atoms with Gasteiger partial charge in [0.25, 0.3) is 5.56 Å². The molecule has 0 fully saturated rings. The van der Waals surface area contributed by atoms with Crippen LogP contribution in [-0.2, 0) is 30.2 Å². The van der Waals surface area contributed by atoms with E-state index in [2.05, 4.69) is 16.9 Å². The van der Waals surface area contributed by atoms with Crippen LogP contribution in [0.25, 0.3) is 11.2 Å². The second kappa shape index (κ2) is 10.1. The molecule has 0 atom stereocenters. The molecule has 0 N–H and O–H groups in total. The lowest BCUT2D eigenvalue weighted by Crippen LogP contribution is -2.38. The van der Waals surface area contributed by atoms with Crippen LogP contribution in [0.5, 0.6) is 0 Å². The molecule has 0 bridgehead atoms. The third kappa shape index (κ3) is 4.75. The van der Waals surface area contributed by atoms with Gasteiger partial charge >= 0.3 is 11.7 Å². The third-order valence-corrected chi connectivity index (χ3v) is 6.45. The fraction of sp³-hybridized carbons (Fsp3) is 0.524. The van der Waals surface area contributed by atoms with E-state index in [0.29, 0.717) is 22.2 Å². The van der Waals surface area contributed by atoms with Crippen LogP contribution in [0.3, 0.4) is 0 Å². The number of unbranched alkanes of at least 4 members (excludes halogenated alkanes) is 2. The van der Waals surface area contributed by atoms with Gasteiger partial charge < -0.3 is 9.30 Å². The Morgan fingerprint density at radius 1 is 1.15 bits per heavy atom. The summed E-state index contributed by atoms with van der Waals surface area (Å²) in [6.45, 7) is 6.00. The Balaban J connectivity index is 1.97. The van der Waals surface area contributed by atoms with Crippen molar-refractivity contribution in [2.45, 2.75) is 46.6 Å². The molecular formula is C21H28N6O5S. The Morgan fingerprint density at radius 3 is 2.55 bits per heavy atom. The van der Waals surface area contributed by atoms with Crippen LogP contribution in [-0.4, -0.2) is 48.7 Å². The van der Waals surface area contributed by atoms with E-state index >= 15 is 0 Å². The van der Waals surface area contributed by atoms with E-state index in [1.807, 2.05) is 0 Å². The maximum Gasteiger partial charge on any atom is 0.350 e. The lowest BCUT2D eigenvalue weighted by atomic mass is 10.2. The molecular weight excluding hydrogens is 448 g/mol. The molecule has 0 aliphatic rings. The molecule has 3 aromatic rings. The number of aromatic nitrogens is 5. The lowest BCUT2D eigenvalue weighted by Gasteiger charge is -2.20. The van der Waals surface area contributed by atoms with Crippen molar-refractivity contribution in [2.24, 2.45) is 14.1 Å². The van der Waals surface area contributed by atoms with Gasteiger partial charge in [-0.1, -0.05) is 31.1 Å². The van der Waals surface area contributed by atoms with Gasteiger partial charge in [-0.25, -0.2) is 19.6 Å². The predicted octanol–water partition coefficient (Wildman–Crippen LogP) is 1.60. The van der Waals surface area contributed by atoms with Crippen molar-refractivity contribution in [3.8, 4) is 0 Å². The highest BCUT2D eigenvalue weighted by Gasteiger charge is 2.25. The quantitative estimate of drug-likeness (QED) is 0.340. The summed E-state index contributed by atoms with van der Waals surface area (Å²) < 4.78 is 8.79. The predicted molar refractivity (Wildman–Crippen MR) is 125 cm³/mol. The number of nitrogens with zero attached hydrogens (tertiary/aromatic N) is 6. The summed E-state index contributed by atoms with van der Waals surface area (Å²) >= 11 is 1.11. The summed E-state index contributed by atoms with van der Waals surface area (Å²) in [4.78, 5) is 61.0. The van der Waals surface area contributed by atoms with Crippen LogP contribution in [0.15, 0.2) is 15.9 Å². The summed E-state index contributed by atoms with van der Waals surface area (Å²) in [5.41, 5.74) is -0.133. The molecule has 0 spiro atoms. The standard InChI is InChI=1S/C21H28N6O5S/c1-6-8-9-10-27(20-23-13(3)16(33-20)19(30)32-7-2)14(28)11-26-12-22-17-15(26)18(29)25(5)21(31)24(17)4/h12H,6-11H2,1-5H3. The Bertz CT molecular complexity index is 1300. The zero-order valence-corrected chi connectivity index (χ0v) is 20.3. The van der Waals surface area contributed by atoms with Gasteiger partial charge in [0.2, 0.25) is 5.91 Å². The number of rotatable bonds is 9. The Kier molecular flexibility index (Phi) is 7.46. The number of carbonyl (C=O) groups excluding carboxylic acids is 2. The number of hydrogen-bond acceptors (Lipinski definition) is 8. The molecule has 12 heteroatoms. The van der Waals surface area contributed by atoms with Crippen LogP contribution >= 0.6 is 11.3 Å². The summed E-state index contributed by atoms with van der Waals surface area (Å²) in [6, 6.07) is 0. The topological polar surface area (TPSA) is 121 Å². The van der Waals surface area contributed by atoms with E-state index in [0.717, 1.165) is 35.2 Å². The van der Waals surface area contributed by atoms with Crippen molar-refractivity contribution in [2.75, 3.05) is 18.1 Å². The SMILES string of the molecule is CCCCCN(C(=O)Cn1cnc2c1c(=O)n(C)c(=O)n2C)c1nc(C)c(C(=O)OCC)s1. The highest BCUT2D eigenvalue weighted by molar-refractivity contribution is 7.17. The molecule has 0 unspecified atom stereocenters. The molecule has 0 aliphatic carbocycles. The van der Waals surface area contributed by atoms with E-state index in [4.69, 9.17) is 4.74 Å². The van der Waals surface area contributed by atoms with E-state index < -0.39 is 17.2 Å². The number of esters is 1. The molecule has 0 saturated heterocycles. The van der Waals surface area contributed by atoms with Gasteiger partial charge in [0.1, 0.15) is 11.4 Å². The maximum atomic E-state index is 13.4. The zero-order chi connectivity index (χ0) is 24.3. The number of carbonyl (C=O) groups is 2. The second-order valence-electron chi connectivity index (χ2n) is 7.63. The van der Waals surface area contributed by atoms with Gasteiger partial charge in [-0.2, -0.15) is 0 Å². The van der Waals surface area contributed by atoms with E-state index in [1.165, 1.54) is 34.5 Å². The highest BCUT2D eigenvalue weighted by atomic mass is 32.1. The Morgan fingerprint density at radius 2 is 1.88 bits per heavy atom. The smallest absolute Gasteiger partial charge is 0.350 e. The molecule has 3 aromatic heterocycles. The monoisotopic (exact) mass is 476 g/mol. The van der Waals surface area contributed by atoms with Gasteiger partial charge in [-0.15, -0.1) is 0 Å². The van der Waals surface area contributed by atoms with Crippen LogP contribution < -0.4 is 16.1 Å². The van der Waals surface area contributed by atoms with Crippen molar-refractivity contribution < 1.29 is 14.3 Å². The molecule has 0 aliphatic heterocycles. The molecule has 1 amide bonds. The minimum absolute atomic E-state index is 0.163. The Labute approximate surface area is 194 Å². The van der Waals surface area contributed by atoms with Crippen LogP contribution in [0.4, 0.5) is 5.13 Å². The largest absolute Gasteiger partial charge is 0.462 e. The van der Waals surface area contributed by atoms with Crippen LogP contribution in [0, 0.1) is 6.92 Å². The molecule has 3 heterocycles. The minimum Gasteiger partial charge on any atom is -0.462 e. The van der Waals surface area contributed by atoms with Crippen molar-refractivity contribution in [3.05, 3.63) is 37.7 Å². The van der Waals surface area contributed by atoms with Gasteiger partial charge in [-0.05, 0) is 20.3 Å². The van der Waals surface area contributed by atoms with Gasteiger partial charge in [0.15, 0.2) is 16.3 Å². The number of hydrogen-bond donors (Lipinski definition) is 0. The van der Waals surface area contributed by atoms with E-state index in [1.54, 1.807) is 13.8 Å². The number of amides is 1. The summed E-state index contributed by atoms with van der Waals surface area (Å²) in [5, 5.41) is 0.404. The summed E-state index contributed by atoms with van der Waals surface area (Å²) in [6.07, 6.45) is 4.04. The fourth-order valence-electron chi connectivity index (χ4n) is 3.48. The minimum atomic E-state index is -0.523. The Hall–Kier alpha value is -3.28. The van der Waals surface area contributed by atoms with Crippen molar-refractivity contribution in [3.63, 3.8) is 0 Å². The van der Waals surface area contributed by atoms with Gasteiger partial charge in [0, 0.05) is 20.6 Å². The number of thiazole rings is 1. The fourth-order valence-corrected chi connectivity index (χ4v) is 4.48.